The molecular weight excluding hydrogens is 116 g/mol. The lowest BCUT2D eigenvalue weighted by Crippen LogP contribution is -1.99. The summed E-state index contributed by atoms with van der Waals surface area (Å²) in [5, 5.41) is 2.50. The normalized spacial score (nSPS) is 7.89. The fraction of sp³-hybridized carbons (Fsp3) is 0.500. The molecule has 0 atom stereocenters. The number of aromatic nitrogens is 2. The van der Waals surface area contributed by atoms with Crippen molar-refractivity contribution in [1.29, 1.82) is 0 Å². The second kappa shape index (κ2) is 3.95. The summed E-state index contributed by atoms with van der Waals surface area (Å²) in [6.45, 7) is 4.00. The van der Waals surface area contributed by atoms with Crippen molar-refractivity contribution in [3.05, 3.63) is 22.6 Å². The van der Waals surface area contributed by atoms with Crippen LogP contribution in [0.4, 0.5) is 0 Å². The lowest BCUT2D eigenvalue weighted by Gasteiger charge is -1.80. The first kappa shape index (κ1) is 8.01. The largest absolute Gasteiger partial charge is 0.295 e. The van der Waals surface area contributed by atoms with Crippen molar-refractivity contribution in [3.8, 4) is 0 Å². The summed E-state index contributed by atoms with van der Waals surface area (Å²) >= 11 is 0. The third kappa shape index (κ3) is 2.74. The number of hydrogen-bond donors (Lipinski definition) is 1. The highest BCUT2D eigenvalue weighted by atomic mass is 16.1. The van der Waals surface area contributed by atoms with Gasteiger partial charge in [-0.1, -0.05) is 13.8 Å². The van der Waals surface area contributed by atoms with E-state index in [0.29, 0.717) is 0 Å². The Morgan fingerprint density at radius 1 is 1.56 bits per heavy atom. The van der Waals surface area contributed by atoms with Crippen LogP contribution in [0.25, 0.3) is 0 Å². The summed E-state index contributed by atoms with van der Waals surface area (Å²) in [5.41, 5.74) is -0.0532. The van der Waals surface area contributed by atoms with Crippen LogP contribution in [0.2, 0.25) is 0 Å². The quantitative estimate of drug-likeness (QED) is 0.549. The van der Waals surface area contributed by atoms with Gasteiger partial charge in [0.25, 0.3) is 5.56 Å². The molecule has 1 aromatic rings. The van der Waals surface area contributed by atoms with Gasteiger partial charge in [-0.05, 0) is 0 Å². The molecule has 0 spiro atoms. The minimum Gasteiger partial charge on any atom is -0.295 e. The molecule has 1 rings (SSSR count). The van der Waals surface area contributed by atoms with Crippen molar-refractivity contribution >= 4 is 0 Å². The van der Waals surface area contributed by atoms with E-state index in [1.165, 1.54) is 6.07 Å². The van der Waals surface area contributed by atoms with Gasteiger partial charge in [0, 0.05) is 19.3 Å². The zero-order valence-corrected chi connectivity index (χ0v) is 6.01. The van der Waals surface area contributed by atoms with Crippen LogP contribution in [0.15, 0.2) is 17.1 Å². The Morgan fingerprint density at radius 3 is 2.22 bits per heavy atom. The molecule has 0 saturated carbocycles. The number of aryl methyl sites for hydroxylation is 1. The molecular formula is C6H12N2O. The van der Waals surface area contributed by atoms with E-state index >= 15 is 0 Å². The molecule has 0 fully saturated rings. The number of nitrogens with one attached hydrogen (secondary N) is 1. The van der Waals surface area contributed by atoms with E-state index in [1.54, 1.807) is 17.9 Å². The third-order valence-electron chi connectivity index (χ3n) is 0.736. The molecule has 52 valence electrons. The molecule has 0 aliphatic rings. The lowest BCUT2D eigenvalue weighted by molar-refractivity contribution is 0.756. The Bertz CT molecular complexity index is 199. The molecule has 3 heteroatoms. The van der Waals surface area contributed by atoms with Crippen LogP contribution in [0.5, 0.6) is 0 Å². The number of nitrogens with zero attached hydrogens (tertiary/aromatic N) is 1. The monoisotopic (exact) mass is 128 g/mol. The number of rotatable bonds is 0. The average Bonchev–Trinajstić information content (AvgIpc) is 2.20. The van der Waals surface area contributed by atoms with Crippen molar-refractivity contribution in [2.24, 2.45) is 7.05 Å². The van der Waals surface area contributed by atoms with E-state index < -0.39 is 0 Å². The molecule has 1 aromatic heterocycles. The molecule has 9 heavy (non-hydrogen) atoms. The van der Waals surface area contributed by atoms with Gasteiger partial charge in [0.1, 0.15) is 0 Å². The summed E-state index contributed by atoms with van der Waals surface area (Å²) in [7, 11) is 1.77. The highest BCUT2D eigenvalue weighted by molar-refractivity contribution is 4.77. The van der Waals surface area contributed by atoms with E-state index in [4.69, 9.17) is 0 Å². The summed E-state index contributed by atoms with van der Waals surface area (Å²) in [4.78, 5) is 10.2. The lowest BCUT2D eigenvalue weighted by atomic mass is 10.7. The molecule has 3 nitrogen and oxygen atoms in total. The standard InChI is InChI=1S/C4H6N2O.C2H6/c1-6-3-2-4(7)5-6;1-2/h2-3H,1H3,(H,5,7);1-2H3. The van der Waals surface area contributed by atoms with Crippen molar-refractivity contribution in [2.45, 2.75) is 13.8 Å². The van der Waals surface area contributed by atoms with Gasteiger partial charge >= 0.3 is 0 Å². The van der Waals surface area contributed by atoms with Crippen LogP contribution < -0.4 is 5.56 Å². The smallest absolute Gasteiger partial charge is 0.264 e. The predicted molar refractivity (Wildman–Crippen MR) is 37.4 cm³/mol. The molecule has 0 amide bonds. The third-order valence-corrected chi connectivity index (χ3v) is 0.736. The number of H-pyrrole nitrogens is 1. The van der Waals surface area contributed by atoms with Gasteiger partial charge in [-0.2, -0.15) is 0 Å². The second-order valence-electron chi connectivity index (χ2n) is 1.40. The van der Waals surface area contributed by atoms with Crippen LogP contribution in [-0.4, -0.2) is 9.78 Å². The average molecular weight is 128 g/mol. The highest BCUT2D eigenvalue weighted by Gasteiger charge is 1.78. The van der Waals surface area contributed by atoms with E-state index in [0.717, 1.165) is 0 Å². The zero-order chi connectivity index (χ0) is 7.28. The fourth-order valence-electron chi connectivity index (χ4n) is 0.428. The van der Waals surface area contributed by atoms with Gasteiger partial charge < -0.3 is 0 Å². The summed E-state index contributed by atoms with van der Waals surface area (Å²) < 4.78 is 1.60. The van der Waals surface area contributed by atoms with Crippen molar-refractivity contribution in [2.75, 3.05) is 0 Å². The van der Waals surface area contributed by atoms with Crippen LogP contribution in [-0.2, 0) is 7.05 Å². The highest BCUT2D eigenvalue weighted by Crippen LogP contribution is 1.65. The Kier molecular flexibility index (Phi) is 3.51. The molecule has 0 unspecified atom stereocenters. The summed E-state index contributed by atoms with van der Waals surface area (Å²) in [5.74, 6) is 0. The first-order valence-corrected chi connectivity index (χ1v) is 3.01. The van der Waals surface area contributed by atoms with Crippen LogP contribution >= 0.6 is 0 Å². The summed E-state index contributed by atoms with van der Waals surface area (Å²) in [6.07, 6.45) is 1.67. The maximum atomic E-state index is 10.2. The van der Waals surface area contributed by atoms with E-state index in [9.17, 15) is 4.79 Å². The van der Waals surface area contributed by atoms with Crippen molar-refractivity contribution < 1.29 is 0 Å². The van der Waals surface area contributed by atoms with E-state index in [2.05, 4.69) is 5.10 Å². The maximum Gasteiger partial charge on any atom is 0.264 e. The van der Waals surface area contributed by atoms with Gasteiger partial charge in [-0.15, -0.1) is 0 Å². The first-order valence-electron chi connectivity index (χ1n) is 3.01. The molecule has 0 saturated heterocycles. The van der Waals surface area contributed by atoms with Gasteiger partial charge in [0.15, 0.2) is 0 Å². The Balaban J connectivity index is 0.000000291. The minimum atomic E-state index is -0.0532. The molecule has 0 aromatic carbocycles. The molecule has 0 radical (unpaired) electrons. The second-order valence-corrected chi connectivity index (χ2v) is 1.40. The minimum absolute atomic E-state index is 0.0532. The van der Waals surface area contributed by atoms with E-state index in [-0.39, 0.29) is 5.56 Å². The predicted octanol–water partition coefficient (Wildman–Crippen LogP) is 0.740. The summed E-state index contributed by atoms with van der Waals surface area (Å²) in [6, 6.07) is 1.47. The van der Waals surface area contributed by atoms with E-state index in [1.807, 2.05) is 13.8 Å². The Labute approximate surface area is 54.3 Å². The van der Waals surface area contributed by atoms with Gasteiger partial charge in [-0.3, -0.25) is 14.6 Å². The Morgan fingerprint density at radius 2 is 2.11 bits per heavy atom. The van der Waals surface area contributed by atoms with Crippen LogP contribution in [0.1, 0.15) is 13.8 Å². The van der Waals surface area contributed by atoms with Gasteiger partial charge in [0.05, 0.1) is 0 Å². The molecule has 0 aliphatic heterocycles. The van der Waals surface area contributed by atoms with Crippen LogP contribution in [0.3, 0.4) is 0 Å². The number of aromatic amines is 1. The molecule has 0 bridgehead atoms. The SMILES string of the molecule is CC.Cn1ccc(=O)[nH]1. The van der Waals surface area contributed by atoms with Gasteiger partial charge in [-0.25, -0.2) is 0 Å². The fourth-order valence-corrected chi connectivity index (χ4v) is 0.428. The first-order chi connectivity index (χ1) is 4.29. The van der Waals surface area contributed by atoms with Gasteiger partial charge in [0.2, 0.25) is 0 Å². The van der Waals surface area contributed by atoms with Crippen molar-refractivity contribution in [3.63, 3.8) is 0 Å². The van der Waals surface area contributed by atoms with Crippen molar-refractivity contribution in [1.82, 2.24) is 9.78 Å². The molecule has 0 aliphatic carbocycles. The Hall–Kier alpha value is -0.990. The topological polar surface area (TPSA) is 37.8 Å². The molecule has 1 heterocycles. The van der Waals surface area contributed by atoms with Crippen LogP contribution in [0, 0.1) is 0 Å². The zero-order valence-electron chi connectivity index (χ0n) is 6.01. The molecule has 1 N–H and O–H groups in total. The number of hydrogen-bond acceptors (Lipinski definition) is 1. The maximum absolute atomic E-state index is 10.2.